The molecule has 1 saturated carbocycles. The normalized spacial score (nSPS) is 17.1. The van der Waals surface area contributed by atoms with Gasteiger partial charge < -0.3 is 11.1 Å². The highest BCUT2D eigenvalue weighted by Crippen LogP contribution is 2.19. The van der Waals surface area contributed by atoms with Crippen LogP contribution in [0.5, 0.6) is 0 Å². The van der Waals surface area contributed by atoms with Gasteiger partial charge in [-0.3, -0.25) is 0 Å². The molecule has 15 heavy (non-hydrogen) atoms. The molecular weight excluding hydrogens is 184 g/mol. The summed E-state index contributed by atoms with van der Waals surface area (Å²) in [6.07, 6.45) is 5.43. The molecular formula is C13H20N2. The average molecular weight is 204 g/mol. The van der Waals surface area contributed by atoms with E-state index in [4.69, 9.17) is 5.73 Å². The summed E-state index contributed by atoms with van der Waals surface area (Å²) in [5.41, 5.74) is 9.24. The van der Waals surface area contributed by atoms with Crippen LogP contribution in [0.25, 0.3) is 0 Å². The van der Waals surface area contributed by atoms with Crippen LogP contribution in [0.4, 0.5) is 5.69 Å². The second kappa shape index (κ2) is 4.67. The molecule has 0 unspecified atom stereocenters. The summed E-state index contributed by atoms with van der Waals surface area (Å²) in [7, 11) is 0. The van der Waals surface area contributed by atoms with Crippen molar-refractivity contribution in [2.75, 3.05) is 5.73 Å². The molecule has 0 atom stereocenters. The van der Waals surface area contributed by atoms with Crippen molar-refractivity contribution in [3.63, 3.8) is 0 Å². The summed E-state index contributed by atoms with van der Waals surface area (Å²) >= 11 is 0. The molecule has 0 saturated heterocycles. The third-order valence-electron chi connectivity index (χ3n) is 3.29. The fourth-order valence-electron chi connectivity index (χ4n) is 2.19. The van der Waals surface area contributed by atoms with Gasteiger partial charge in [0.25, 0.3) is 0 Å². The first-order valence-corrected chi connectivity index (χ1v) is 5.84. The highest BCUT2D eigenvalue weighted by atomic mass is 14.9. The van der Waals surface area contributed by atoms with Crippen molar-refractivity contribution in [2.45, 2.75) is 45.2 Å². The minimum Gasteiger partial charge on any atom is -0.399 e. The molecule has 2 nitrogen and oxygen atoms in total. The van der Waals surface area contributed by atoms with E-state index in [2.05, 4.69) is 23.5 Å². The highest BCUT2D eigenvalue weighted by molar-refractivity contribution is 5.48. The van der Waals surface area contributed by atoms with Crippen molar-refractivity contribution >= 4 is 5.69 Å². The van der Waals surface area contributed by atoms with Gasteiger partial charge >= 0.3 is 0 Å². The first-order chi connectivity index (χ1) is 7.25. The molecule has 0 bridgehead atoms. The van der Waals surface area contributed by atoms with Crippen molar-refractivity contribution in [2.24, 2.45) is 0 Å². The van der Waals surface area contributed by atoms with Gasteiger partial charge in [0.2, 0.25) is 0 Å². The minimum atomic E-state index is 0.729. The number of aryl methyl sites for hydroxylation is 1. The van der Waals surface area contributed by atoms with Crippen LogP contribution in [0.2, 0.25) is 0 Å². The van der Waals surface area contributed by atoms with E-state index in [9.17, 15) is 0 Å². The van der Waals surface area contributed by atoms with Crippen LogP contribution in [0, 0.1) is 6.92 Å². The number of anilines is 1. The van der Waals surface area contributed by atoms with E-state index in [1.54, 1.807) is 0 Å². The molecule has 1 aliphatic rings. The van der Waals surface area contributed by atoms with E-state index in [0.29, 0.717) is 0 Å². The molecule has 1 aliphatic carbocycles. The Morgan fingerprint density at radius 3 is 2.73 bits per heavy atom. The number of nitrogen functional groups attached to an aromatic ring is 1. The van der Waals surface area contributed by atoms with E-state index >= 15 is 0 Å². The van der Waals surface area contributed by atoms with Crippen molar-refractivity contribution in [1.82, 2.24) is 5.32 Å². The molecule has 3 N–H and O–H groups in total. The first kappa shape index (κ1) is 10.5. The van der Waals surface area contributed by atoms with Gasteiger partial charge in [-0.2, -0.15) is 0 Å². The zero-order chi connectivity index (χ0) is 10.7. The molecule has 1 aromatic rings. The van der Waals surface area contributed by atoms with Gasteiger partial charge in [0.15, 0.2) is 0 Å². The van der Waals surface area contributed by atoms with Gasteiger partial charge in [0.1, 0.15) is 0 Å². The summed E-state index contributed by atoms with van der Waals surface area (Å²) < 4.78 is 0. The Hall–Kier alpha value is -1.02. The predicted molar refractivity (Wildman–Crippen MR) is 64.7 cm³/mol. The molecule has 0 aliphatic heterocycles. The fraction of sp³-hybridized carbons (Fsp3) is 0.538. The lowest BCUT2D eigenvalue weighted by molar-refractivity contribution is 0.524. The van der Waals surface area contributed by atoms with Crippen LogP contribution in [-0.2, 0) is 6.54 Å². The van der Waals surface area contributed by atoms with Crippen molar-refractivity contribution < 1.29 is 0 Å². The third kappa shape index (κ3) is 2.72. The maximum Gasteiger partial charge on any atom is 0.0346 e. The van der Waals surface area contributed by atoms with Crippen molar-refractivity contribution in [1.29, 1.82) is 0 Å². The monoisotopic (exact) mass is 204 g/mol. The van der Waals surface area contributed by atoms with Gasteiger partial charge in [-0.1, -0.05) is 25.0 Å². The summed E-state index contributed by atoms with van der Waals surface area (Å²) in [6.45, 7) is 3.00. The Labute approximate surface area is 91.9 Å². The number of rotatable bonds is 3. The second-order valence-electron chi connectivity index (χ2n) is 4.55. The highest BCUT2D eigenvalue weighted by Gasteiger charge is 2.13. The second-order valence-corrected chi connectivity index (χ2v) is 4.55. The fourth-order valence-corrected chi connectivity index (χ4v) is 2.19. The van der Waals surface area contributed by atoms with Crippen LogP contribution >= 0.6 is 0 Å². The summed E-state index contributed by atoms with van der Waals surface area (Å²) in [5.74, 6) is 0. The van der Waals surface area contributed by atoms with E-state index < -0.39 is 0 Å². The molecule has 0 spiro atoms. The predicted octanol–water partition coefficient (Wildman–Crippen LogP) is 2.61. The zero-order valence-electron chi connectivity index (χ0n) is 9.42. The lowest BCUT2D eigenvalue weighted by Gasteiger charge is -2.12. The Kier molecular flexibility index (Phi) is 3.27. The first-order valence-electron chi connectivity index (χ1n) is 5.84. The van der Waals surface area contributed by atoms with Crippen LogP contribution < -0.4 is 11.1 Å². The lowest BCUT2D eigenvalue weighted by Crippen LogP contribution is -2.25. The van der Waals surface area contributed by atoms with Crippen LogP contribution in [0.15, 0.2) is 18.2 Å². The molecule has 0 aromatic heterocycles. The maximum atomic E-state index is 5.88. The van der Waals surface area contributed by atoms with Crippen LogP contribution in [0.3, 0.4) is 0 Å². The zero-order valence-corrected chi connectivity index (χ0v) is 9.42. The number of hydrogen-bond acceptors (Lipinski definition) is 2. The van der Waals surface area contributed by atoms with Crippen molar-refractivity contribution in [3.8, 4) is 0 Å². The maximum absolute atomic E-state index is 5.88. The summed E-state index contributed by atoms with van der Waals surface area (Å²) in [5, 5.41) is 3.59. The molecule has 1 aromatic carbocycles. The Balaban J connectivity index is 1.90. The van der Waals surface area contributed by atoms with Gasteiger partial charge in [0.05, 0.1) is 0 Å². The van der Waals surface area contributed by atoms with Crippen LogP contribution in [-0.4, -0.2) is 6.04 Å². The smallest absolute Gasteiger partial charge is 0.0346 e. The Bertz CT molecular complexity index is 327. The molecule has 1 fully saturated rings. The summed E-state index contributed by atoms with van der Waals surface area (Å²) in [4.78, 5) is 0. The Morgan fingerprint density at radius 1 is 1.33 bits per heavy atom. The van der Waals surface area contributed by atoms with E-state index in [-0.39, 0.29) is 0 Å². The lowest BCUT2D eigenvalue weighted by atomic mass is 10.1. The number of benzene rings is 1. The van der Waals surface area contributed by atoms with Crippen LogP contribution in [0.1, 0.15) is 36.8 Å². The third-order valence-corrected chi connectivity index (χ3v) is 3.29. The molecule has 82 valence electrons. The molecule has 0 radical (unpaired) electrons. The van der Waals surface area contributed by atoms with Gasteiger partial charge in [-0.05, 0) is 37.0 Å². The minimum absolute atomic E-state index is 0.729. The standard InChI is InChI=1S/C13H20N2/c1-10-6-7-11(8-13(10)14)9-15-12-4-2-3-5-12/h6-8,12,15H,2-5,9,14H2,1H3. The topological polar surface area (TPSA) is 38.0 Å². The summed E-state index contributed by atoms with van der Waals surface area (Å²) in [6, 6.07) is 7.07. The molecule has 0 amide bonds. The van der Waals surface area contributed by atoms with Gasteiger partial charge in [0, 0.05) is 18.3 Å². The quantitative estimate of drug-likeness (QED) is 0.743. The molecule has 2 rings (SSSR count). The van der Waals surface area contributed by atoms with E-state index in [0.717, 1.165) is 18.3 Å². The van der Waals surface area contributed by atoms with E-state index in [1.807, 2.05) is 6.92 Å². The van der Waals surface area contributed by atoms with Gasteiger partial charge in [-0.15, -0.1) is 0 Å². The van der Waals surface area contributed by atoms with E-state index in [1.165, 1.54) is 36.8 Å². The number of nitrogens with one attached hydrogen (secondary N) is 1. The number of nitrogens with two attached hydrogens (primary N) is 1. The van der Waals surface area contributed by atoms with Crippen molar-refractivity contribution in [3.05, 3.63) is 29.3 Å². The average Bonchev–Trinajstić information content (AvgIpc) is 2.73. The Morgan fingerprint density at radius 2 is 2.07 bits per heavy atom. The largest absolute Gasteiger partial charge is 0.399 e. The molecule has 0 heterocycles. The molecule has 2 heteroatoms. The van der Waals surface area contributed by atoms with Gasteiger partial charge in [-0.25, -0.2) is 0 Å². The number of hydrogen-bond donors (Lipinski definition) is 2. The SMILES string of the molecule is Cc1ccc(CNC2CCCC2)cc1N.